The van der Waals surface area contributed by atoms with E-state index in [1.54, 1.807) is 32.2 Å². The van der Waals surface area contributed by atoms with E-state index < -0.39 is 16.1 Å². The van der Waals surface area contributed by atoms with Crippen molar-refractivity contribution >= 4 is 21.8 Å². The number of carbonyl (C=O) groups is 1. The van der Waals surface area contributed by atoms with E-state index in [1.165, 1.54) is 6.07 Å². The molecule has 3 rings (SSSR count). The van der Waals surface area contributed by atoms with Crippen LogP contribution in [0.5, 0.6) is 5.75 Å². The molecule has 2 N–H and O–H groups in total. The van der Waals surface area contributed by atoms with E-state index in [0.717, 1.165) is 11.3 Å². The number of amidine groups is 1. The first kappa shape index (κ1) is 18.9. The van der Waals surface area contributed by atoms with E-state index in [0.29, 0.717) is 18.5 Å². The monoisotopic (exact) mass is 387 g/mol. The molecular formula is C19H21N3O4S. The number of ether oxygens (including phenoxy) is 1. The molecule has 1 aliphatic rings. The van der Waals surface area contributed by atoms with Crippen LogP contribution in [0.25, 0.3) is 0 Å². The maximum Gasteiger partial charge on any atom is 0.263 e. The summed E-state index contributed by atoms with van der Waals surface area (Å²) in [5.74, 6) is 0.717. The molecule has 8 heteroatoms. The Hall–Kier alpha value is -2.87. The molecule has 1 heterocycles. The van der Waals surface area contributed by atoms with Crippen LogP contribution in [-0.4, -0.2) is 39.9 Å². The fourth-order valence-corrected chi connectivity index (χ4v) is 3.99. The van der Waals surface area contributed by atoms with Crippen LogP contribution in [0, 0.1) is 0 Å². The molecule has 0 aliphatic carbocycles. The van der Waals surface area contributed by atoms with Crippen molar-refractivity contribution < 1.29 is 17.9 Å². The molecule has 0 saturated carbocycles. The summed E-state index contributed by atoms with van der Waals surface area (Å²) >= 11 is 0. The average molecular weight is 387 g/mol. The fourth-order valence-electron chi connectivity index (χ4n) is 2.75. The number of nitrogens with one attached hydrogen (secondary N) is 2. The zero-order valence-corrected chi connectivity index (χ0v) is 15.9. The number of benzene rings is 2. The molecule has 7 nitrogen and oxygen atoms in total. The van der Waals surface area contributed by atoms with Gasteiger partial charge in [-0.2, -0.15) is 0 Å². The summed E-state index contributed by atoms with van der Waals surface area (Å²) in [6.07, 6.45) is 0.675. The lowest BCUT2D eigenvalue weighted by Crippen LogP contribution is -2.35. The Bertz CT molecular complexity index is 969. The van der Waals surface area contributed by atoms with Gasteiger partial charge in [-0.25, -0.2) is 8.42 Å². The summed E-state index contributed by atoms with van der Waals surface area (Å²) in [6, 6.07) is 13.5. The number of sulfonamides is 1. The number of hydrogen-bond acceptors (Lipinski definition) is 5. The van der Waals surface area contributed by atoms with Gasteiger partial charge in [-0.3, -0.25) is 14.5 Å². The largest absolute Gasteiger partial charge is 0.497 e. The summed E-state index contributed by atoms with van der Waals surface area (Å²) in [7, 11) is -2.00. The minimum Gasteiger partial charge on any atom is -0.497 e. The topological polar surface area (TPSA) is 96.9 Å². The first-order chi connectivity index (χ1) is 12.9. The Morgan fingerprint density at radius 2 is 1.89 bits per heavy atom. The van der Waals surface area contributed by atoms with Crippen molar-refractivity contribution in [1.82, 2.24) is 10.0 Å². The maximum absolute atomic E-state index is 12.3. The highest BCUT2D eigenvalue weighted by Crippen LogP contribution is 2.22. The molecule has 0 fully saturated rings. The van der Waals surface area contributed by atoms with Crippen LogP contribution >= 0.6 is 0 Å². The Labute approximate surface area is 158 Å². The highest BCUT2D eigenvalue weighted by Gasteiger charge is 2.31. The van der Waals surface area contributed by atoms with Crippen molar-refractivity contribution in [3.8, 4) is 5.75 Å². The van der Waals surface area contributed by atoms with Gasteiger partial charge in [0, 0.05) is 12.1 Å². The van der Waals surface area contributed by atoms with E-state index in [4.69, 9.17) is 4.74 Å². The first-order valence-corrected chi connectivity index (χ1v) is 9.99. The quantitative estimate of drug-likeness (QED) is 0.785. The second kappa shape index (κ2) is 7.79. The summed E-state index contributed by atoms with van der Waals surface area (Å²) < 4.78 is 31.7. The minimum atomic E-state index is -3.61. The van der Waals surface area contributed by atoms with Gasteiger partial charge in [-0.1, -0.05) is 24.3 Å². The second-order valence-corrected chi connectivity index (χ2v) is 7.80. The number of carbonyl (C=O) groups excluding carboxylic acids is 1. The highest BCUT2D eigenvalue weighted by molar-refractivity contribution is 7.90. The first-order valence-electron chi connectivity index (χ1n) is 8.51. The van der Waals surface area contributed by atoms with Crippen molar-refractivity contribution in [3.63, 3.8) is 0 Å². The van der Waals surface area contributed by atoms with E-state index in [9.17, 15) is 13.2 Å². The van der Waals surface area contributed by atoms with Crippen LogP contribution in [0.15, 0.2) is 58.4 Å². The number of hydrogen-bond donors (Lipinski definition) is 2. The Morgan fingerprint density at radius 1 is 1.19 bits per heavy atom. The smallest absolute Gasteiger partial charge is 0.263 e. The molecule has 142 valence electrons. The number of amides is 1. The third kappa shape index (κ3) is 4.28. The van der Waals surface area contributed by atoms with Gasteiger partial charge in [0.1, 0.15) is 17.6 Å². The molecule has 1 atom stereocenters. The third-order valence-corrected chi connectivity index (χ3v) is 5.63. The van der Waals surface area contributed by atoms with Crippen LogP contribution in [0.2, 0.25) is 0 Å². The molecule has 2 aromatic rings. The molecule has 1 aliphatic heterocycles. The molecule has 0 aromatic heterocycles. The number of aliphatic imine (C=N–C) groups is 1. The van der Waals surface area contributed by atoms with Gasteiger partial charge in [0.15, 0.2) is 0 Å². The summed E-state index contributed by atoms with van der Waals surface area (Å²) in [4.78, 5) is 16.7. The predicted octanol–water partition coefficient (Wildman–Crippen LogP) is 1.48. The second-order valence-electron chi connectivity index (χ2n) is 6.14. The maximum atomic E-state index is 12.3. The van der Waals surface area contributed by atoms with Crippen molar-refractivity contribution in [3.05, 3.63) is 59.7 Å². The van der Waals surface area contributed by atoms with Crippen LogP contribution in [0.1, 0.15) is 18.1 Å². The lowest BCUT2D eigenvalue weighted by molar-refractivity contribution is -0.121. The lowest BCUT2D eigenvalue weighted by atomic mass is 10.1. The Morgan fingerprint density at radius 3 is 2.59 bits per heavy atom. The van der Waals surface area contributed by atoms with E-state index in [1.807, 2.05) is 24.3 Å². The van der Waals surface area contributed by atoms with Gasteiger partial charge < -0.3 is 10.1 Å². The Balaban J connectivity index is 1.60. The molecule has 2 aromatic carbocycles. The van der Waals surface area contributed by atoms with Crippen molar-refractivity contribution in [2.45, 2.75) is 24.3 Å². The molecule has 1 amide bonds. The average Bonchev–Trinajstić information content (AvgIpc) is 2.92. The Kier molecular flexibility index (Phi) is 5.46. The number of nitrogens with zero attached hydrogens (tertiary/aromatic N) is 1. The van der Waals surface area contributed by atoms with E-state index in [-0.39, 0.29) is 16.6 Å². The highest BCUT2D eigenvalue weighted by atomic mass is 32.2. The van der Waals surface area contributed by atoms with Crippen LogP contribution in [-0.2, 0) is 21.2 Å². The van der Waals surface area contributed by atoms with Crippen molar-refractivity contribution in [2.75, 3.05) is 13.7 Å². The van der Waals surface area contributed by atoms with Gasteiger partial charge in [0.25, 0.3) is 10.0 Å². The van der Waals surface area contributed by atoms with Crippen molar-refractivity contribution in [2.24, 2.45) is 4.99 Å². The zero-order chi connectivity index (χ0) is 19.4. The summed E-state index contributed by atoms with van der Waals surface area (Å²) in [6.45, 7) is 2.09. The lowest BCUT2D eigenvalue weighted by Gasteiger charge is -2.10. The fraction of sp³-hybridized carbons (Fsp3) is 0.263. The van der Waals surface area contributed by atoms with Crippen molar-refractivity contribution in [1.29, 1.82) is 0 Å². The molecule has 0 unspecified atom stereocenters. The van der Waals surface area contributed by atoms with Crippen LogP contribution in [0.3, 0.4) is 0 Å². The van der Waals surface area contributed by atoms with Gasteiger partial charge in [-0.05, 0) is 43.2 Å². The van der Waals surface area contributed by atoms with Gasteiger partial charge in [0.2, 0.25) is 5.91 Å². The molecule has 0 bridgehead atoms. The molecular weight excluding hydrogens is 366 g/mol. The van der Waals surface area contributed by atoms with Gasteiger partial charge in [0.05, 0.1) is 12.0 Å². The number of rotatable bonds is 6. The number of fused-ring (bicyclic) bond motifs is 1. The predicted molar refractivity (Wildman–Crippen MR) is 102 cm³/mol. The van der Waals surface area contributed by atoms with Crippen LogP contribution < -0.4 is 14.8 Å². The minimum absolute atomic E-state index is 0.177. The standard InChI is InChI=1S/C19H21N3O4S/c1-13(19(23)20-12-11-14-7-9-15(26-2)10-8-14)21-18-16-5-3-4-6-17(16)27(24,25)22-18/h3-10,13H,11-12H2,1-2H3,(H,20,23)(H,21,22)/t13-/m1/s1. The summed E-state index contributed by atoms with van der Waals surface area (Å²) in [5.41, 5.74) is 1.56. The molecule has 0 radical (unpaired) electrons. The normalized spacial score (nSPS) is 17.0. The van der Waals surface area contributed by atoms with E-state index >= 15 is 0 Å². The summed E-state index contributed by atoms with van der Waals surface area (Å²) in [5, 5.41) is 2.82. The number of methoxy groups -OCH3 is 1. The van der Waals surface area contributed by atoms with E-state index in [2.05, 4.69) is 15.0 Å². The van der Waals surface area contributed by atoms with Crippen LogP contribution in [0.4, 0.5) is 0 Å². The molecule has 27 heavy (non-hydrogen) atoms. The van der Waals surface area contributed by atoms with Gasteiger partial charge in [-0.15, -0.1) is 0 Å². The molecule has 0 saturated heterocycles. The third-order valence-electron chi connectivity index (χ3n) is 4.24. The van der Waals surface area contributed by atoms with Gasteiger partial charge >= 0.3 is 0 Å². The molecule has 0 spiro atoms. The SMILES string of the molecule is COc1ccc(CCNC(=O)[C@@H](C)N=C2NS(=O)(=O)c3ccccc32)cc1. The zero-order valence-electron chi connectivity index (χ0n) is 15.1.